The van der Waals surface area contributed by atoms with Crippen molar-refractivity contribution in [1.82, 2.24) is 24.5 Å². The van der Waals surface area contributed by atoms with Crippen molar-refractivity contribution in [2.75, 3.05) is 0 Å². The quantitative estimate of drug-likeness (QED) is 0.287. The monoisotopic (exact) mass is 551 g/mol. The second-order valence-electron chi connectivity index (χ2n) is 7.11. The second-order valence-corrected chi connectivity index (χ2v) is 7.11. The zero-order valence-electron chi connectivity index (χ0n) is 16.2. The first kappa shape index (κ1) is 20.3. The molecule has 6 heteroatoms. The number of aryl methyl sites for hydroxylation is 2. The van der Waals surface area contributed by atoms with E-state index in [1.165, 1.54) is 0 Å². The minimum Gasteiger partial charge on any atom is -0.384 e. The van der Waals surface area contributed by atoms with Gasteiger partial charge in [0.05, 0.1) is 5.82 Å². The van der Waals surface area contributed by atoms with Crippen molar-refractivity contribution >= 4 is 0 Å². The van der Waals surface area contributed by atoms with Crippen LogP contribution in [0.2, 0.25) is 0 Å². The first-order valence-corrected chi connectivity index (χ1v) is 8.83. The molecule has 0 aliphatic rings. The van der Waals surface area contributed by atoms with Crippen LogP contribution in [0.15, 0.2) is 48.5 Å². The van der Waals surface area contributed by atoms with E-state index in [9.17, 15) is 0 Å². The summed E-state index contributed by atoms with van der Waals surface area (Å²) in [5.41, 5.74) is 4.33. The molecule has 0 fully saturated rings. The summed E-state index contributed by atoms with van der Waals surface area (Å²) in [4.78, 5) is 4.83. The third-order valence-electron chi connectivity index (χ3n) is 4.58. The fourth-order valence-corrected chi connectivity index (χ4v) is 2.95. The average Bonchev–Trinajstić information content (AvgIpc) is 3.30. The Hall–Kier alpha value is -2.47. The van der Waals surface area contributed by atoms with E-state index in [0.717, 1.165) is 34.2 Å². The van der Waals surface area contributed by atoms with E-state index < -0.39 is 0 Å². The molecule has 4 aromatic rings. The van der Waals surface area contributed by atoms with Crippen molar-refractivity contribution in [3.8, 4) is 11.5 Å². The van der Waals surface area contributed by atoms with Gasteiger partial charge in [-0.2, -0.15) is 23.4 Å². The number of benzene rings is 1. The van der Waals surface area contributed by atoms with Crippen molar-refractivity contribution in [3.05, 3.63) is 89.6 Å². The Morgan fingerprint density at radius 2 is 1.50 bits per heavy atom. The van der Waals surface area contributed by atoms with Gasteiger partial charge in [0.15, 0.2) is 0 Å². The van der Waals surface area contributed by atoms with Crippen molar-refractivity contribution in [2.45, 2.75) is 33.1 Å². The standard InChI is InChI=1S/C22H20N5.Au/c1-16-11-13-26(24-16)19-8-5-7-18(15-19)22(3,4)20-9-6-10-21(23-20)27-14-12-17(2)25-27;/h5-12H,1-4H3;/q-3;+3. The molecule has 144 valence electrons. The van der Waals surface area contributed by atoms with Gasteiger partial charge >= 0.3 is 22.4 Å². The van der Waals surface area contributed by atoms with Gasteiger partial charge in [0, 0.05) is 11.1 Å². The molecule has 1 aromatic carbocycles. The molecule has 0 amide bonds. The van der Waals surface area contributed by atoms with E-state index in [4.69, 9.17) is 4.98 Å². The summed E-state index contributed by atoms with van der Waals surface area (Å²) < 4.78 is 3.40. The molecule has 0 aliphatic carbocycles. The fraction of sp³-hybridized carbons (Fsp3) is 0.227. The molecule has 0 spiro atoms. The number of rotatable bonds is 4. The Morgan fingerprint density at radius 1 is 0.857 bits per heavy atom. The van der Waals surface area contributed by atoms with Crippen LogP contribution >= 0.6 is 0 Å². The number of pyridine rings is 1. The molecular formula is C22H20AuN5. The maximum Gasteiger partial charge on any atom is 3.00 e. The van der Waals surface area contributed by atoms with Gasteiger partial charge in [-0.1, -0.05) is 52.2 Å². The molecule has 0 radical (unpaired) electrons. The van der Waals surface area contributed by atoms with Gasteiger partial charge in [-0.05, 0) is 17.5 Å². The Kier molecular flexibility index (Phi) is 5.70. The van der Waals surface area contributed by atoms with Crippen LogP contribution in [-0.2, 0) is 27.8 Å². The molecule has 0 saturated heterocycles. The molecule has 3 aromatic heterocycles. The van der Waals surface area contributed by atoms with Crippen LogP contribution in [-0.4, -0.2) is 24.5 Å². The maximum absolute atomic E-state index is 4.83. The van der Waals surface area contributed by atoms with E-state index >= 15 is 0 Å². The SMILES string of the molecule is Cc1c[c-]n(-c2[c-]c(C(C)(C)c3cccc(-n4[c-]cc(C)n4)n3)ccc2)n1.[Au+3]. The van der Waals surface area contributed by atoms with E-state index in [1.807, 2.05) is 56.3 Å². The predicted octanol–water partition coefficient (Wildman–Crippen LogP) is 3.79. The van der Waals surface area contributed by atoms with Gasteiger partial charge in [0.25, 0.3) is 0 Å². The van der Waals surface area contributed by atoms with Crippen LogP contribution in [0.3, 0.4) is 0 Å². The summed E-state index contributed by atoms with van der Waals surface area (Å²) >= 11 is 0. The van der Waals surface area contributed by atoms with Gasteiger partial charge in [0.2, 0.25) is 0 Å². The summed E-state index contributed by atoms with van der Waals surface area (Å²) in [5, 5.41) is 8.84. The first-order chi connectivity index (χ1) is 12.9. The Morgan fingerprint density at radius 3 is 2.14 bits per heavy atom. The average molecular weight is 551 g/mol. The second kappa shape index (κ2) is 7.87. The van der Waals surface area contributed by atoms with Crippen LogP contribution in [0, 0.1) is 32.3 Å². The summed E-state index contributed by atoms with van der Waals surface area (Å²) in [7, 11) is 0. The van der Waals surface area contributed by atoms with Gasteiger partial charge in [-0.3, -0.25) is 15.2 Å². The molecule has 0 aliphatic heterocycles. The molecule has 28 heavy (non-hydrogen) atoms. The molecule has 5 nitrogen and oxygen atoms in total. The molecule has 0 bridgehead atoms. The molecule has 0 N–H and O–H groups in total. The summed E-state index contributed by atoms with van der Waals surface area (Å²) in [6.07, 6.45) is 6.21. The molecule has 0 unspecified atom stereocenters. The Balaban J connectivity index is 0.00000225. The number of nitrogens with zero attached hydrogens (tertiary/aromatic N) is 5. The molecule has 3 heterocycles. The van der Waals surface area contributed by atoms with Gasteiger partial charge in [-0.15, -0.1) is 12.1 Å². The molecule has 4 rings (SSSR count). The number of aromatic nitrogens is 5. The van der Waals surface area contributed by atoms with Crippen LogP contribution in [0.25, 0.3) is 11.5 Å². The molecular weight excluding hydrogens is 531 g/mol. The summed E-state index contributed by atoms with van der Waals surface area (Å²) in [5.74, 6) is 0.751. The summed E-state index contributed by atoms with van der Waals surface area (Å²) in [6, 6.07) is 19.2. The predicted molar refractivity (Wildman–Crippen MR) is 103 cm³/mol. The third kappa shape index (κ3) is 3.87. The number of hydrogen-bond acceptors (Lipinski definition) is 3. The zero-order valence-corrected chi connectivity index (χ0v) is 18.3. The maximum atomic E-state index is 4.83. The van der Waals surface area contributed by atoms with Crippen molar-refractivity contribution in [3.63, 3.8) is 0 Å². The smallest absolute Gasteiger partial charge is 0.384 e. The third-order valence-corrected chi connectivity index (χ3v) is 4.58. The Bertz CT molecular complexity index is 1010. The van der Waals surface area contributed by atoms with Crippen molar-refractivity contribution < 1.29 is 22.4 Å². The van der Waals surface area contributed by atoms with E-state index in [-0.39, 0.29) is 27.8 Å². The van der Waals surface area contributed by atoms with Crippen molar-refractivity contribution in [1.29, 1.82) is 0 Å². The first-order valence-electron chi connectivity index (χ1n) is 8.83. The van der Waals surface area contributed by atoms with Crippen molar-refractivity contribution in [2.24, 2.45) is 0 Å². The largest absolute Gasteiger partial charge is 3.00 e. The zero-order chi connectivity index (χ0) is 19.0. The number of hydrogen-bond donors (Lipinski definition) is 0. The van der Waals surface area contributed by atoms with Crippen LogP contribution in [0.4, 0.5) is 0 Å². The normalized spacial score (nSPS) is 11.3. The van der Waals surface area contributed by atoms with Gasteiger partial charge < -0.3 is 9.36 Å². The topological polar surface area (TPSA) is 48.5 Å². The van der Waals surface area contributed by atoms with Gasteiger partial charge in [-0.25, -0.2) is 12.1 Å². The minimum absolute atomic E-state index is 0. The Labute approximate surface area is 180 Å². The van der Waals surface area contributed by atoms with Gasteiger partial charge in [0.1, 0.15) is 0 Å². The van der Waals surface area contributed by atoms with Crippen LogP contribution < -0.4 is 0 Å². The van der Waals surface area contributed by atoms with E-state index in [2.05, 4.69) is 48.6 Å². The minimum atomic E-state index is -0.337. The van der Waals surface area contributed by atoms with Crippen LogP contribution in [0.1, 0.15) is 36.5 Å². The molecule has 0 saturated carbocycles. The van der Waals surface area contributed by atoms with E-state index in [0.29, 0.717) is 0 Å². The fourth-order valence-electron chi connectivity index (χ4n) is 2.95. The summed E-state index contributed by atoms with van der Waals surface area (Å²) in [6.45, 7) is 8.18. The van der Waals surface area contributed by atoms with E-state index in [1.54, 1.807) is 9.36 Å². The molecule has 0 atom stereocenters. The van der Waals surface area contributed by atoms with Crippen LogP contribution in [0.5, 0.6) is 0 Å².